The molecule has 0 unspecified atom stereocenters. The molecule has 5 nitrogen and oxygen atoms in total. The van der Waals surface area contributed by atoms with E-state index < -0.39 is 4.92 Å². The minimum atomic E-state index is -0.420. The fraction of sp³-hybridized carbons (Fsp3) is 0.462. The SMILES string of the molecule is N#CCCN(c1ccc([N+](=O)[O-])cc1CCl)C1CC1. The first kappa shape index (κ1) is 13.6. The zero-order valence-corrected chi connectivity index (χ0v) is 11.1. The lowest BCUT2D eigenvalue weighted by molar-refractivity contribution is -0.384. The number of nitro benzene ring substituents is 1. The lowest BCUT2D eigenvalue weighted by Crippen LogP contribution is -2.27. The third kappa shape index (κ3) is 3.15. The molecule has 0 bridgehead atoms. The largest absolute Gasteiger partial charge is 0.367 e. The van der Waals surface area contributed by atoms with Crippen molar-refractivity contribution < 1.29 is 4.92 Å². The summed E-state index contributed by atoms with van der Waals surface area (Å²) < 4.78 is 0. The summed E-state index contributed by atoms with van der Waals surface area (Å²) in [6.45, 7) is 0.642. The van der Waals surface area contributed by atoms with Gasteiger partial charge in [0.25, 0.3) is 5.69 Å². The Balaban J connectivity index is 2.30. The maximum atomic E-state index is 10.8. The van der Waals surface area contributed by atoms with Gasteiger partial charge < -0.3 is 4.90 Å². The number of benzene rings is 1. The zero-order valence-electron chi connectivity index (χ0n) is 10.4. The first-order valence-corrected chi connectivity index (χ1v) is 6.67. The number of hydrogen-bond donors (Lipinski definition) is 0. The van der Waals surface area contributed by atoms with Gasteiger partial charge in [0, 0.05) is 36.3 Å². The molecule has 0 spiro atoms. The Kier molecular flexibility index (Phi) is 4.23. The molecule has 1 aromatic carbocycles. The van der Waals surface area contributed by atoms with Crippen molar-refractivity contribution >= 4 is 23.0 Å². The predicted octanol–water partition coefficient (Wildman–Crippen LogP) is 3.22. The standard InChI is InChI=1S/C13H14ClN3O2/c14-9-10-8-12(17(18)19)4-5-13(10)16(7-1-6-15)11-2-3-11/h4-5,8,11H,1-3,7,9H2. The molecule has 0 heterocycles. The minimum absolute atomic E-state index is 0.0513. The van der Waals surface area contributed by atoms with Gasteiger partial charge in [-0.15, -0.1) is 11.6 Å². The third-order valence-corrected chi connectivity index (χ3v) is 3.47. The molecule has 6 heteroatoms. The molecule has 0 atom stereocenters. The van der Waals surface area contributed by atoms with E-state index in [4.69, 9.17) is 16.9 Å². The summed E-state index contributed by atoms with van der Waals surface area (Å²) in [7, 11) is 0. The van der Waals surface area contributed by atoms with Gasteiger partial charge in [-0.05, 0) is 24.5 Å². The first-order chi connectivity index (χ1) is 9.17. The number of nitro groups is 1. The molecule has 0 saturated heterocycles. The topological polar surface area (TPSA) is 70.2 Å². The minimum Gasteiger partial charge on any atom is -0.367 e. The highest BCUT2D eigenvalue weighted by molar-refractivity contribution is 6.17. The molecule has 0 aliphatic heterocycles. The summed E-state index contributed by atoms with van der Waals surface area (Å²) in [5.74, 6) is 0.229. The monoisotopic (exact) mass is 279 g/mol. The van der Waals surface area contributed by atoms with Crippen LogP contribution in [0.25, 0.3) is 0 Å². The number of rotatable bonds is 6. The van der Waals surface area contributed by atoms with E-state index in [1.54, 1.807) is 6.07 Å². The van der Waals surface area contributed by atoms with Gasteiger partial charge >= 0.3 is 0 Å². The van der Waals surface area contributed by atoms with Crippen molar-refractivity contribution in [2.75, 3.05) is 11.4 Å². The molecule has 100 valence electrons. The van der Waals surface area contributed by atoms with Crippen LogP contribution in [0.3, 0.4) is 0 Å². The number of alkyl halides is 1. The molecule has 0 amide bonds. The van der Waals surface area contributed by atoms with Crippen LogP contribution in [-0.2, 0) is 5.88 Å². The van der Waals surface area contributed by atoms with Crippen molar-refractivity contribution in [3.05, 3.63) is 33.9 Å². The van der Waals surface area contributed by atoms with Crippen molar-refractivity contribution in [3.63, 3.8) is 0 Å². The van der Waals surface area contributed by atoms with Gasteiger partial charge in [0.1, 0.15) is 0 Å². The van der Waals surface area contributed by atoms with Crippen molar-refractivity contribution in [2.24, 2.45) is 0 Å². The molecule has 0 aromatic heterocycles. The van der Waals surface area contributed by atoms with Crippen LogP contribution in [-0.4, -0.2) is 17.5 Å². The molecule has 19 heavy (non-hydrogen) atoms. The lowest BCUT2D eigenvalue weighted by Gasteiger charge is -2.25. The highest BCUT2D eigenvalue weighted by atomic mass is 35.5. The quantitative estimate of drug-likeness (QED) is 0.455. The molecule has 0 radical (unpaired) electrons. The lowest BCUT2D eigenvalue weighted by atomic mass is 10.1. The van der Waals surface area contributed by atoms with Crippen LogP contribution in [0.15, 0.2) is 18.2 Å². The Bertz CT molecular complexity index is 523. The summed E-state index contributed by atoms with van der Waals surface area (Å²) in [5.41, 5.74) is 1.72. The van der Waals surface area contributed by atoms with Gasteiger partial charge in [-0.1, -0.05) is 0 Å². The van der Waals surface area contributed by atoms with Crippen molar-refractivity contribution in [1.82, 2.24) is 0 Å². The van der Waals surface area contributed by atoms with Gasteiger partial charge in [0.15, 0.2) is 0 Å². The van der Waals surface area contributed by atoms with Crippen molar-refractivity contribution in [1.29, 1.82) is 5.26 Å². The fourth-order valence-corrected chi connectivity index (χ4v) is 2.34. The summed E-state index contributed by atoms with van der Waals surface area (Å²) in [4.78, 5) is 12.5. The van der Waals surface area contributed by atoms with E-state index in [9.17, 15) is 10.1 Å². The Morgan fingerprint density at radius 1 is 1.53 bits per heavy atom. The van der Waals surface area contributed by atoms with Crippen LogP contribution in [0.4, 0.5) is 11.4 Å². The molecular formula is C13H14ClN3O2. The smallest absolute Gasteiger partial charge is 0.269 e. The molecule has 1 saturated carbocycles. The van der Waals surface area contributed by atoms with Gasteiger partial charge in [-0.25, -0.2) is 0 Å². The van der Waals surface area contributed by atoms with Crippen LogP contribution >= 0.6 is 11.6 Å². The van der Waals surface area contributed by atoms with Crippen LogP contribution < -0.4 is 4.90 Å². The molecule has 1 fully saturated rings. The van der Waals surface area contributed by atoms with E-state index in [0.29, 0.717) is 19.0 Å². The molecule has 1 aliphatic rings. The second-order valence-electron chi connectivity index (χ2n) is 4.54. The normalized spacial score (nSPS) is 13.9. The summed E-state index contributed by atoms with van der Waals surface area (Å²) in [6, 6.07) is 7.33. The number of nitriles is 1. The Morgan fingerprint density at radius 3 is 2.79 bits per heavy atom. The van der Waals surface area contributed by atoms with Crippen LogP contribution in [0.5, 0.6) is 0 Å². The zero-order chi connectivity index (χ0) is 13.8. The van der Waals surface area contributed by atoms with E-state index >= 15 is 0 Å². The second-order valence-corrected chi connectivity index (χ2v) is 4.80. The highest BCUT2D eigenvalue weighted by Gasteiger charge is 2.30. The van der Waals surface area contributed by atoms with Crippen LogP contribution in [0.2, 0.25) is 0 Å². The van der Waals surface area contributed by atoms with E-state index in [0.717, 1.165) is 24.1 Å². The van der Waals surface area contributed by atoms with Crippen LogP contribution in [0.1, 0.15) is 24.8 Å². The van der Waals surface area contributed by atoms with Gasteiger partial charge in [0.2, 0.25) is 0 Å². The molecule has 2 rings (SSSR count). The molecular weight excluding hydrogens is 266 g/mol. The van der Waals surface area contributed by atoms with Crippen molar-refractivity contribution in [2.45, 2.75) is 31.2 Å². The predicted molar refractivity (Wildman–Crippen MR) is 73.3 cm³/mol. The van der Waals surface area contributed by atoms with E-state index in [1.165, 1.54) is 12.1 Å². The number of halogens is 1. The van der Waals surface area contributed by atoms with Crippen molar-refractivity contribution in [3.8, 4) is 6.07 Å². The van der Waals surface area contributed by atoms with E-state index in [-0.39, 0.29) is 11.6 Å². The Morgan fingerprint density at radius 2 is 2.26 bits per heavy atom. The van der Waals surface area contributed by atoms with E-state index in [2.05, 4.69) is 11.0 Å². The first-order valence-electron chi connectivity index (χ1n) is 6.14. The Labute approximate surface area is 116 Å². The average molecular weight is 280 g/mol. The van der Waals surface area contributed by atoms with Gasteiger partial charge in [0.05, 0.1) is 17.4 Å². The number of anilines is 1. The summed E-state index contributed by atoms with van der Waals surface area (Å²) in [6.07, 6.45) is 2.64. The van der Waals surface area contributed by atoms with Gasteiger partial charge in [-0.2, -0.15) is 5.26 Å². The second kappa shape index (κ2) is 5.89. The summed E-state index contributed by atoms with van der Waals surface area (Å²) in [5, 5.41) is 19.5. The average Bonchev–Trinajstić information content (AvgIpc) is 3.23. The summed E-state index contributed by atoms with van der Waals surface area (Å²) >= 11 is 5.90. The van der Waals surface area contributed by atoms with Gasteiger partial charge in [-0.3, -0.25) is 10.1 Å². The third-order valence-electron chi connectivity index (χ3n) is 3.18. The fourth-order valence-electron chi connectivity index (χ4n) is 2.13. The highest BCUT2D eigenvalue weighted by Crippen LogP contribution is 2.35. The van der Waals surface area contributed by atoms with E-state index in [1.807, 2.05) is 0 Å². The maximum Gasteiger partial charge on any atom is 0.269 e. The molecule has 1 aliphatic carbocycles. The maximum absolute atomic E-state index is 10.8. The number of nitrogens with zero attached hydrogens (tertiary/aromatic N) is 3. The number of non-ortho nitro benzene ring substituents is 1. The Hall–Kier alpha value is -1.80. The molecule has 1 aromatic rings. The van der Waals surface area contributed by atoms with Crippen LogP contribution in [0, 0.1) is 21.4 Å². The molecule has 0 N–H and O–H groups in total. The number of hydrogen-bond acceptors (Lipinski definition) is 4.